The van der Waals surface area contributed by atoms with Gasteiger partial charge in [0, 0.05) is 6.42 Å². The van der Waals surface area contributed by atoms with Gasteiger partial charge in [-0.3, -0.25) is 15.3 Å². The van der Waals surface area contributed by atoms with Crippen molar-refractivity contribution < 1.29 is 80.3 Å². The first-order valence-corrected chi connectivity index (χ1v) is 9.85. The molecule has 2 heterocycles. The van der Waals surface area contributed by atoms with Gasteiger partial charge in [0.25, 0.3) is 0 Å². The number of hydrogen-bond acceptors (Lipinski definition) is 17. The van der Waals surface area contributed by atoms with Gasteiger partial charge in [-0.05, 0) is 0 Å². The Kier molecular flexibility index (Phi) is 8.53. The van der Waals surface area contributed by atoms with E-state index in [1.165, 1.54) is 0 Å². The zero-order valence-electron chi connectivity index (χ0n) is 17.4. The quantitative estimate of drug-likeness (QED) is 0.137. The lowest BCUT2D eigenvalue weighted by molar-refractivity contribution is -0.349. The van der Waals surface area contributed by atoms with Gasteiger partial charge in [0.1, 0.15) is 48.8 Å². The number of rotatable bonds is 8. The topological polar surface area (TPSA) is 321 Å². The molecule has 2 fully saturated rings. The smallest absolute Gasteiger partial charge is 0.219 e. The molecule has 0 spiro atoms. The number of ether oxygens (including phenoxy) is 2. The van der Waals surface area contributed by atoms with Crippen molar-refractivity contribution in [3.63, 3.8) is 0 Å². The van der Waals surface area contributed by atoms with Crippen molar-refractivity contribution >= 4 is 11.6 Å². The number of ketones is 2. The summed E-state index contributed by atoms with van der Waals surface area (Å²) in [4.78, 5) is 25.1. The van der Waals surface area contributed by atoms with E-state index in [1.807, 2.05) is 0 Å². The summed E-state index contributed by atoms with van der Waals surface area (Å²) in [5.41, 5.74) is 1.94. The molecule has 0 aromatic carbocycles. The average molecular weight is 503 g/mol. The highest BCUT2D eigenvalue weighted by Gasteiger charge is 2.59. The lowest BCUT2D eigenvalue weighted by Gasteiger charge is -2.46. The maximum absolute atomic E-state index is 12.7. The van der Waals surface area contributed by atoms with E-state index in [0.29, 0.717) is 0 Å². The van der Waals surface area contributed by atoms with Gasteiger partial charge >= 0.3 is 0 Å². The zero-order chi connectivity index (χ0) is 26.4. The second-order valence-electron chi connectivity index (χ2n) is 8.31. The van der Waals surface area contributed by atoms with Gasteiger partial charge in [0.2, 0.25) is 23.1 Å². The van der Waals surface area contributed by atoms with E-state index in [1.54, 1.807) is 0 Å². The van der Waals surface area contributed by atoms with E-state index in [-0.39, 0.29) is 0 Å². The molecule has 17 nitrogen and oxygen atoms in total. The predicted octanol–water partition coefficient (Wildman–Crippen LogP) is -9.15. The van der Waals surface area contributed by atoms with Gasteiger partial charge in [-0.15, -0.1) is 0 Å². The van der Waals surface area contributed by atoms with Crippen molar-refractivity contribution in [2.24, 2.45) is 5.73 Å². The van der Waals surface area contributed by atoms with Crippen LogP contribution in [0.4, 0.5) is 0 Å². The fourth-order valence-electron chi connectivity index (χ4n) is 3.56. The first-order chi connectivity index (χ1) is 15.5. The summed E-state index contributed by atoms with van der Waals surface area (Å²) in [5, 5.41) is 118. The molecule has 0 aliphatic carbocycles. The Morgan fingerprint density at radius 1 is 0.824 bits per heavy atom. The Balaban J connectivity index is 2.20. The third-order valence-corrected chi connectivity index (χ3v) is 5.88. The van der Waals surface area contributed by atoms with Gasteiger partial charge in [-0.1, -0.05) is 0 Å². The van der Waals surface area contributed by atoms with Crippen LogP contribution in [-0.4, -0.2) is 158 Å². The van der Waals surface area contributed by atoms with Crippen LogP contribution in [0.25, 0.3) is 0 Å². The summed E-state index contributed by atoms with van der Waals surface area (Å²) >= 11 is 0. The third kappa shape index (κ3) is 4.87. The van der Waals surface area contributed by atoms with Gasteiger partial charge in [0.05, 0.1) is 13.2 Å². The Morgan fingerprint density at radius 3 is 1.62 bits per heavy atom. The van der Waals surface area contributed by atoms with Crippen LogP contribution in [-0.2, 0) is 19.1 Å². The summed E-state index contributed by atoms with van der Waals surface area (Å²) in [6.07, 6.45) is -22.0. The van der Waals surface area contributed by atoms with E-state index < -0.39 is 103 Å². The van der Waals surface area contributed by atoms with Crippen LogP contribution in [0.2, 0.25) is 0 Å². The van der Waals surface area contributed by atoms with Gasteiger partial charge < -0.3 is 70.8 Å². The highest BCUT2D eigenvalue weighted by Crippen LogP contribution is 2.32. The Bertz CT molecular complexity index is 766. The highest BCUT2D eigenvalue weighted by atomic mass is 16.7. The van der Waals surface area contributed by atoms with E-state index in [9.17, 15) is 70.9 Å². The summed E-state index contributed by atoms with van der Waals surface area (Å²) < 4.78 is 9.44. The highest BCUT2D eigenvalue weighted by molar-refractivity contribution is 5.93. The zero-order valence-corrected chi connectivity index (χ0v) is 17.4. The normalized spacial score (nSPS) is 45.9. The lowest BCUT2D eigenvalue weighted by atomic mass is 9.84. The number of aliphatic hydroxyl groups is 12. The molecule has 0 aromatic rings. The number of carbonyl (C=O) groups excluding carboxylic acids is 2. The van der Waals surface area contributed by atoms with E-state index in [0.717, 1.165) is 0 Å². The Hall–Kier alpha value is -1.26. The summed E-state index contributed by atoms with van der Waals surface area (Å²) in [5.74, 6) is -9.08. The van der Waals surface area contributed by atoms with Crippen molar-refractivity contribution in [1.29, 1.82) is 0 Å². The molecular weight excluding hydrogens is 474 g/mol. The molecule has 2 aliphatic heterocycles. The van der Waals surface area contributed by atoms with E-state index in [4.69, 9.17) is 15.2 Å². The van der Waals surface area contributed by atoms with Crippen LogP contribution in [0, 0.1) is 0 Å². The van der Waals surface area contributed by atoms with Crippen LogP contribution in [0.15, 0.2) is 0 Å². The fourth-order valence-corrected chi connectivity index (χ4v) is 3.56. The van der Waals surface area contributed by atoms with Crippen LogP contribution >= 0.6 is 0 Å². The number of hydrogen-bond donors (Lipinski definition) is 13. The minimum absolute atomic E-state index is 1.32. The predicted molar refractivity (Wildman–Crippen MR) is 99.6 cm³/mol. The van der Waals surface area contributed by atoms with E-state index in [2.05, 4.69) is 0 Å². The second-order valence-corrected chi connectivity index (χ2v) is 8.31. The van der Waals surface area contributed by atoms with Crippen LogP contribution in [0.3, 0.4) is 0 Å². The number of carbonyl (C=O) groups is 2. The van der Waals surface area contributed by atoms with Crippen LogP contribution in [0.5, 0.6) is 0 Å². The largest absolute Gasteiger partial charge is 0.391 e. The molecule has 0 aromatic heterocycles. The molecule has 17 heteroatoms. The number of Topliss-reactive ketones (excluding diaryl/α,β-unsaturated/α-hetero) is 2. The van der Waals surface area contributed by atoms with Crippen molar-refractivity contribution in [3.05, 3.63) is 0 Å². The molecule has 34 heavy (non-hydrogen) atoms. The Labute approximate surface area is 190 Å². The first kappa shape index (κ1) is 29.0. The second kappa shape index (κ2) is 10.0. The van der Waals surface area contributed by atoms with Crippen molar-refractivity contribution in [2.45, 2.75) is 78.7 Å². The maximum Gasteiger partial charge on any atom is 0.219 e. The molecule has 198 valence electrons. The molecule has 0 saturated carbocycles. The molecule has 0 bridgehead atoms. The van der Waals surface area contributed by atoms with Crippen molar-refractivity contribution in [3.8, 4) is 0 Å². The molecule has 0 amide bonds. The monoisotopic (exact) mass is 503 g/mol. The SMILES string of the molecule is NC(O)(C(=O)C1O[C@@](O)(CO)[C@@H](O)[C@H](O)[C@@H]1O)C(O)CC(=O)C1O[C@@](O)(CO)[C@@H](O)[C@H](O)[C@@H]1O. The summed E-state index contributed by atoms with van der Waals surface area (Å²) in [6, 6.07) is 0. The fraction of sp³-hybridized carbons (Fsp3) is 0.882. The van der Waals surface area contributed by atoms with Crippen molar-refractivity contribution in [1.82, 2.24) is 0 Å². The van der Waals surface area contributed by atoms with Gasteiger partial charge in [0.15, 0.2) is 11.9 Å². The molecule has 2 saturated heterocycles. The van der Waals surface area contributed by atoms with Crippen LogP contribution in [0.1, 0.15) is 6.42 Å². The number of aliphatic hydroxyl groups excluding tert-OH is 9. The molecule has 12 atom stereocenters. The van der Waals surface area contributed by atoms with Gasteiger partial charge in [-0.25, -0.2) is 0 Å². The lowest BCUT2D eigenvalue weighted by Crippen LogP contribution is -2.72. The minimum Gasteiger partial charge on any atom is -0.391 e. The molecule has 14 N–H and O–H groups in total. The summed E-state index contributed by atoms with van der Waals surface area (Å²) in [6.45, 7) is -2.72. The molecule has 2 rings (SSSR count). The average Bonchev–Trinajstić information content (AvgIpc) is 2.80. The third-order valence-electron chi connectivity index (χ3n) is 5.88. The van der Waals surface area contributed by atoms with E-state index >= 15 is 0 Å². The van der Waals surface area contributed by atoms with Crippen molar-refractivity contribution in [2.75, 3.05) is 13.2 Å². The molecule has 4 unspecified atom stereocenters. The number of nitrogens with two attached hydrogens (primary N) is 1. The standard InChI is InChI=1S/C17H29NO16/c18-17(32,14(29)11-7(24)9(26)13(28)16(31,3-20)34-11)5(22)1-4(21)10-6(23)8(25)12(27)15(30,2-19)33-10/h5-13,19-20,22-28,30-32H,1-3,18H2/t5?,6-,7-,8+,9+,10?,11?,12-,13-,15-,16-,17?/m0/s1. The molecular formula is C17H29NO16. The maximum atomic E-state index is 12.7. The summed E-state index contributed by atoms with van der Waals surface area (Å²) in [7, 11) is 0. The van der Waals surface area contributed by atoms with Crippen LogP contribution < -0.4 is 5.73 Å². The van der Waals surface area contributed by atoms with Gasteiger partial charge in [-0.2, -0.15) is 0 Å². The molecule has 2 aliphatic rings. The minimum atomic E-state index is -3.45. The molecule has 0 radical (unpaired) electrons. The first-order valence-electron chi connectivity index (χ1n) is 9.85. The Morgan fingerprint density at radius 2 is 1.21 bits per heavy atom.